The first-order chi connectivity index (χ1) is 12.3. The molecule has 134 valence electrons. The molecule has 4 heteroatoms. The molecule has 0 spiro atoms. The van der Waals surface area contributed by atoms with Gasteiger partial charge in [0.2, 0.25) is 0 Å². The van der Waals surface area contributed by atoms with Crippen LogP contribution in [0.1, 0.15) is 17.5 Å². The number of alkyl halides is 1. The van der Waals surface area contributed by atoms with E-state index in [1.807, 2.05) is 18.2 Å². The number of nitrogens with zero attached hydrogens (tertiary/aromatic N) is 1. The lowest BCUT2D eigenvalue weighted by molar-refractivity contribution is 0.277. The number of hydrogen-bond donors (Lipinski definition) is 1. The van der Waals surface area contributed by atoms with Crippen LogP contribution < -0.4 is 10.5 Å². The molecule has 0 radical (unpaired) electrons. The molecule has 2 aromatic carbocycles. The van der Waals surface area contributed by atoms with E-state index in [-0.39, 0.29) is 12.1 Å². The minimum Gasteiger partial charge on any atom is -0.492 e. The number of nitrogens with two attached hydrogens (primary N) is 1. The van der Waals surface area contributed by atoms with E-state index in [1.165, 1.54) is 11.1 Å². The average Bonchev–Trinajstić information content (AvgIpc) is 3.05. The Labute approximate surface area is 149 Å². The zero-order chi connectivity index (χ0) is 17.5. The van der Waals surface area contributed by atoms with Crippen molar-refractivity contribution < 1.29 is 9.13 Å². The van der Waals surface area contributed by atoms with Gasteiger partial charge in [0.05, 0.1) is 0 Å². The van der Waals surface area contributed by atoms with E-state index in [0.717, 1.165) is 31.7 Å². The summed E-state index contributed by atoms with van der Waals surface area (Å²) in [5, 5.41) is 0. The first-order valence-electron chi connectivity index (χ1n) is 9.01. The zero-order valence-corrected chi connectivity index (χ0v) is 14.7. The lowest BCUT2D eigenvalue weighted by Crippen LogP contribution is -2.34. The topological polar surface area (TPSA) is 38.5 Å². The second-order valence-electron chi connectivity index (χ2n) is 6.82. The van der Waals surface area contributed by atoms with Crippen molar-refractivity contribution in [3.05, 3.63) is 65.7 Å². The molecule has 1 unspecified atom stereocenters. The maximum atomic E-state index is 12.9. The zero-order valence-electron chi connectivity index (χ0n) is 14.7. The van der Waals surface area contributed by atoms with Crippen LogP contribution in [0.25, 0.3) is 0 Å². The van der Waals surface area contributed by atoms with E-state index in [2.05, 4.69) is 41.3 Å². The number of hydrogen-bond acceptors (Lipinski definition) is 3. The summed E-state index contributed by atoms with van der Waals surface area (Å²) in [6.45, 7) is 3.06. The summed E-state index contributed by atoms with van der Waals surface area (Å²) >= 11 is 0. The molecule has 0 saturated carbocycles. The Balaban J connectivity index is 1.89. The van der Waals surface area contributed by atoms with Crippen LogP contribution in [0, 0.1) is 0 Å². The van der Waals surface area contributed by atoms with Gasteiger partial charge < -0.3 is 10.5 Å². The largest absolute Gasteiger partial charge is 0.492 e. The fourth-order valence-corrected chi connectivity index (χ4v) is 3.83. The second kappa shape index (κ2) is 8.45. The van der Waals surface area contributed by atoms with Crippen molar-refractivity contribution in [1.82, 2.24) is 4.90 Å². The van der Waals surface area contributed by atoms with E-state index >= 15 is 0 Å². The summed E-state index contributed by atoms with van der Waals surface area (Å²) in [7, 11) is 0. The Bertz CT molecular complexity index is 664. The number of ether oxygens (including phenoxy) is 1. The van der Waals surface area contributed by atoms with Crippen LogP contribution in [0.4, 0.5) is 4.39 Å². The van der Waals surface area contributed by atoms with Crippen molar-refractivity contribution in [2.75, 3.05) is 39.5 Å². The van der Waals surface area contributed by atoms with Crippen molar-refractivity contribution >= 4 is 0 Å². The van der Waals surface area contributed by atoms with Crippen LogP contribution in [-0.4, -0.2) is 44.4 Å². The minimum absolute atomic E-state index is 0.00138. The molecule has 1 saturated heterocycles. The van der Waals surface area contributed by atoms with Gasteiger partial charge in [-0.25, -0.2) is 4.39 Å². The molecule has 0 bridgehead atoms. The quantitative estimate of drug-likeness (QED) is 0.801. The maximum absolute atomic E-state index is 12.9. The van der Waals surface area contributed by atoms with Crippen molar-refractivity contribution in [2.45, 2.75) is 18.3 Å². The molecule has 1 aliphatic rings. The predicted octanol–water partition coefficient (Wildman–Crippen LogP) is 3.18. The normalized spacial score (nSPS) is 20.7. The fraction of sp³-hybridized carbons (Fsp3) is 0.429. The molecule has 0 aliphatic carbocycles. The molecular formula is C21H27FN2O. The van der Waals surface area contributed by atoms with Gasteiger partial charge in [-0.05, 0) is 42.6 Å². The molecule has 25 heavy (non-hydrogen) atoms. The Morgan fingerprint density at radius 3 is 2.72 bits per heavy atom. The maximum Gasteiger partial charge on any atom is 0.119 e. The lowest BCUT2D eigenvalue weighted by Gasteiger charge is -2.31. The Kier molecular flexibility index (Phi) is 6.05. The Morgan fingerprint density at radius 1 is 1.12 bits per heavy atom. The summed E-state index contributed by atoms with van der Waals surface area (Å²) in [6, 6.07) is 18.9. The standard InChI is InChI=1S/C21H27FN2O/c22-10-13-24-12-9-21(17-24,16-18-5-2-1-3-6-18)19-7-4-8-20(15-19)25-14-11-23/h1-8,15H,9-14,16-17,23H2. The molecule has 1 heterocycles. The average molecular weight is 342 g/mol. The van der Waals surface area contributed by atoms with Crippen LogP contribution in [0.3, 0.4) is 0 Å². The van der Waals surface area contributed by atoms with Crippen LogP contribution in [0.5, 0.6) is 5.75 Å². The molecule has 2 aromatic rings. The SMILES string of the molecule is NCCOc1cccc(C2(Cc3ccccc3)CCN(CCF)C2)c1. The highest BCUT2D eigenvalue weighted by atomic mass is 19.1. The van der Waals surface area contributed by atoms with Gasteiger partial charge in [0.1, 0.15) is 19.0 Å². The molecule has 1 atom stereocenters. The fourth-order valence-electron chi connectivity index (χ4n) is 3.83. The van der Waals surface area contributed by atoms with Gasteiger partial charge in [-0.15, -0.1) is 0 Å². The summed E-state index contributed by atoms with van der Waals surface area (Å²) in [4.78, 5) is 2.23. The first-order valence-corrected chi connectivity index (χ1v) is 9.01. The molecular weight excluding hydrogens is 315 g/mol. The Morgan fingerprint density at radius 2 is 1.96 bits per heavy atom. The number of rotatable bonds is 8. The molecule has 3 nitrogen and oxygen atoms in total. The monoisotopic (exact) mass is 342 g/mol. The molecule has 2 N–H and O–H groups in total. The van der Waals surface area contributed by atoms with Crippen LogP contribution in [-0.2, 0) is 11.8 Å². The third-order valence-electron chi connectivity index (χ3n) is 5.05. The second-order valence-corrected chi connectivity index (χ2v) is 6.82. The lowest BCUT2D eigenvalue weighted by atomic mass is 9.75. The van der Waals surface area contributed by atoms with Crippen molar-refractivity contribution in [1.29, 1.82) is 0 Å². The summed E-state index contributed by atoms with van der Waals surface area (Å²) < 4.78 is 18.6. The highest BCUT2D eigenvalue weighted by molar-refractivity contribution is 5.37. The van der Waals surface area contributed by atoms with Gasteiger partial charge in [-0.1, -0.05) is 42.5 Å². The summed E-state index contributed by atoms with van der Waals surface area (Å²) in [5.74, 6) is 0.860. The van der Waals surface area contributed by atoms with E-state index in [4.69, 9.17) is 10.5 Å². The molecule has 1 fully saturated rings. The van der Waals surface area contributed by atoms with Gasteiger partial charge >= 0.3 is 0 Å². The number of benzene rings is 2. The molecule has 0 amide bonds. The van der Waals surface area contributed by atoms with Crippen molar-refractivity contribution in [3.63, 3.8) is 0 Å². The molecule has 0 aromatic heterocycles. The minimum atomic E-state index is -0.291. The van der Waals surface area contributed by atoms with E-state index in [9.17, 15) is 4.39 Å². The van der Waals surface area contributed by atoms with Crippen LogP contribution in [0.15, 0.2) is 54.6 Å². The van der Waals surface area contributed by atoms with Gasteiger partial charge in [0.25, 0.3) is 0 Å². The Hall–Kier alpha value is -1.91. The molecule has 3 rings (SSSR count). The van der Waals surface area contributed by atoms with Crippen molar-refractivity contribution in [3.8, 4) is 5.75 Å². The number of likely N-dealkylation sites (tertiary alicyclic amines) is 1. The van der Waals surface area contributed by atoms with E-state index in [1.54, 1.807) is 0 Å². The molecule has 1 aliphatic heterocycles. The third-order valence-corrected chi connectivity index (χ3v) is 5.05. The third kappa shape index (κ3) is 4.39. The summed E-state index contributed by atoms with van der Waals surface area (Å²) in [5.41, 5.74) is 8.14. The first kappa shape index (κ1) is 17.9. The van der Waals surface area contributed by atoms with Gasteiger partial charge in [-0.2, -0.15) is 0 Å². The highest BCUT2D eigenvalue weighted by Gasteiger charge is 2.39. The summed E-state index contributed by atoms with van der Waals surface area (Å²) in [6.07, 6.45) is 1.99. The highest BCUT2D eigenvalue weighted by Crippen LogP contribution is 2.39. The van der Waals surface area contributed by atoms with Gasteiger partial charge in [0.15, 0.2) is 0 Å². The van der Waals surface area contributed by atoms with Gasteiger partial charge in [0, 0.05) is 25.0 Å². The van der Waals surface area contributed by atoms with E-state index in [0.29, 0.717) is 19.7 Å². The van der Waals surface area contributed by atoms with E-state index < -0.39 is 0 Å². The van der Waals surface area contributed by atoms with Crippen LogP contribution in [0.2, 0.25) is 0 Å². The predicted molar refractivity (Wildman–Crippen MR) is 99.8 cm³/mol. The van der Waals surface area contributed by atoms with Gasteiger partial charge in [-0.3, -0.25) is 4.90 Å². The smallest absolute Gasteiger partial charge is 0.119 e. The van der Waals surface area contributed by atoms with Crippen molar-refractivity contribution in [2.24, 2.45) is 5.73 Å². The number of halogens is 1. The van der Waals surface area contributed by atoms with Crippen LogP contribution >= 0.6 is 0 Å².